The van der Waals surface area contributed by atoms with Gasteiger partial charge in [0.1, 0.15) is 5.76 Å². The molecule has 0 bridgehead atoms. The van der Waals surface area contributed by atoms with Crippen LogP contribution in [0, 0.1) is 0 Å². The molecule has 0 spiro atoms. The van der Waals surface area contributed by atoms with Crippen molar-refractivity contribution in [1.82, 2.24) is 0 Å². The molecule has 1 N–H and O–H groups in total. The molecule has 3 nitrogen and oxygen atoms in total. The highest BCUT2D eigenvalue weighted by atomic mass is 79.9. The van der Waals surface area contributed by atoms with Crippen molar-refractivity contribution < 1.29 is 4.42 Å². The predicted molar refractivity (Wildman–Crippen MR) is 81.6 cm³/mol. The van der Waals surface area contributed by atoms with Gasteiger partial charge in [0.25, 0.3) is 0 Å². The van der Waals surface area contributed by atoms with Gasteiger partial charge in [0.05, 0.1) is 6.54 Å². The van der Waals surface area contributed by atoms with Crippen molar-refractivity contribution >= 4 is 27.3 Å². The molecule has 1 aliphatic heterocycles. The third-order valence-electron chi connectivity index (χ3n) is 3.41. The number of anilines is 2. The first kappa shape index (κ1) is 12.6. The number of halogens is 1. The highest BCUT2D eigenvalue weighted by Crippen LogP contribution is 2.24. The summed E-state index contributed by atoms with van der Waals surface area (Å²) in [6, 6.07) is 12.5. The van der Waals surface area contributed by atoms with Crippen molar-refractivity contribution in [2.45, 2.75) is 19.4 Å². The van der Waals surface area contributed by atoms with Gasteiger partial charge >= 0.3 is 0 Å². The van der Waals surface area contributed by atoms with Gasteiger partial charge in [0.2, 0.25) is 0 Å². The summed E-state index contributed by atoms with van der Waals surface area (Å²) >= 11 is 3.31. The Morgan fingerprint density at radius 1 is 1.16 bits per heavy atom. The zero-order valence-electron chi connectivity index (χ0n) is 10.7. The average Bonchev–Trinajstić information content (AvgIpc) is 3.08. The van der Waals surface area contributed by atoms with Gasteiger partial charge in [-0.05, 0) is 59.1 Å². The van der Waals surface area contributed by atoms with Crippen molar-refractivity contribution in [3.63, 3.8) is 0 Å². The Balaban J connectivity index is 1.65. The molecule has 1 saturated heterocycles. The van der Waals surface area contributed by atoms with Gasteiger partial charge in [-0.3, -0.25) is 0 Å². The molecule has 0 saturated carbocycles. The van der Waals surface area contributed by atoms with E-state index in [-0.39, 0.29) is 0 Å². The van der Waals surface area contributed by atoms with Crippen LogP contribution in [-0.4, -0.2) is 13.1 Å². The maximum absolute atomic E-state index is 5.48. The number of hydrogen-bond donors (Lipinski definition) is 1. The summed E-state index contributed by atoms with van der Waals surface area (Å²) in [5.74, 6) is 0.929. The zero-order valence-corrected chi connectivity index (χ0v) is 12.3. The Kier molecular flexibility index (Phi) is 3.78. The lowest BCUT2D eigenvalue weighted by Gasteiger charge is -2.18. The summed E-state index contributed by atoms with van der Waals surface area (Å²) < 4.78 is 6.25. The summed E-state index contributed by atoms with van der Waals surface area (Å²) in [5.41, 5.74) is 2.44. The summed E-state index contributed by atoms with van der Waals surface area (Å²) in [6.07, 6.45) is 2.61. The first-order valence-corrected chi connectivity index (χ1v) is 7.44. The van der Waals surface area contributed by atoms with Gasteiger partial charge in [0.15, 0.2) is 4.67 Å². The molecule has 3 rings (SSSR count). The molecule has 0 amide bonds. The molecule has 2 aromatic rings. The lowest BCUT2D eigenvalue weighted by atomic mass is 10.2. The quantitative estimate of drug-likeness (QED) is 0.912. The van der Waals surface area contributed by atoms with E-state index in [1.807, 2.05) is 12.1 Å². The fourth-order valence-corrected chi connectivity index (χ4v) is 2.76. The Bertz CT molecular complexity index is 547. The molecule has 0 radical (unpaired) electrons. The minimum atomic E-state index is 0.703. The summed E-state index contributed by atoms with van der Waals surface area (Å²) in [6.45, 7) is 3.05. The van der Waals surface area contributed by atoms with E-state index in [1.165, 1.54) is 31.6 Å². The number of benzene rings is 1. The van der Waals surface area contributed by atoms with Crippen molar-refractivity contribution in [2.75, 3.05) is 23.3 Å². The number of nitrogens with one attached hydrogen (secondary N) is 1. The Morgan fingerprint density at radius 3 is 2.74 bits per heavy atom. The van der Waals surface area contributed by atoms with Crippen LogP contribution in [0.15, 0.2) is 45.5 Å². The number of rotatable bonds is 4. The van der Waals surface area contributed by atoms with Crippen molar-refractivity contribution in [2.24, 2.45) is 0 Å². The molecule has 1 fully saturated rings. The first-order chi connectivity index (χ1) is 9.31. The molecule has 1 aliphatic rings. The van der Waals surface area contributed by atoms with Crippen LogP contribution in [0.3, 0.4) is 0 Å². The van der Waals surface area contributed by atoms with Crippen LogP contribution in [0.4, 0.5) is 11.4 Å². The normalized spacial score (nSPS) is 14.9. The Morgan fingerprint density at radius 2 is 2.00 bits per heavy atom. The molecular formula is C15H17BrN2O. The lowest BCUT2D eigenvalue weighted by molar-refractivity contribution is 0.495. The lowest BCUT2D eigenvalue weighted by Crippen LogP contribution is -2.17. The van der Waals surface area contributed by atoms with E-state index >= 15 is 0 Å². The Hall–Kier alpha value is -1.42. The van der Waals surface area contributed by atoms with Crippen LogP contribution in [0.25, 0.3) is 0 Å². The maximum Gasteiger partial charge on any atom is 0.169 e. The smallest absolute Gasteiger partial charge is 0.169 e. The van der Waals surface area contributed by atoms with Crippen LogP contribution in [0.5, 0.6) is 0 Å². The fraction of sp³-hybridized carbons (Fsp3) is 0.333. The standard InChI is InChI=1S/C15H17BrN2O/c16-15-7-6-14(19-15)11-17-12-4-3-5-13(10-12)18-8-1-2-9-18/h3-7,10,17H,1-2,8-9,11H2. The van der Waals surface area contributed by atoms with Crippen LogP contribution in [-0.2, 0) is 6.54 Å². The van der Waals surface area contributed by atoms with E-state index in [4.69, 9.17) is 4.42 Å². The third-order valence-corrected chi connectivity index (χ3v) is 3.84. The molecule has 0 aliphatic carbocycles. The van der Waals surface area contributed by atoms with E-state index in [0.29, 0.717) is 6.54 Å². The molecule has 100 valence electrons. The predicted octanol–water partition coefficient (Wildman–Crippen LogP) is 4.25. The van der Waals surface area contributed by atoms with Crippen LogP contribution in [0.2, 0.25) is 0 Å². The fourth-order valence-electron chi connectivity index (χ4n) is 2.42. The summed E-state index contributed by atoms with van der Waals surface area (Å²) in [7, 11) is 0. The highest BCUT2D eigenvalue weighted by molar-refractivity contribution is 9.10. The van der Waals surface area contributed by atoms with E-state index in [1.54, 1.807) is 0 Å². The number of nitrogens with zero attached hydrogens (tertiary/aromatic N) is 1. The number of hydrogen-bond acceptors (Lipinski definition) is 3. The van der Waals surface area contributed by atoms with E-state index in [9.17, 15) is 0 Å². The minimum Gasteiger partial charge on any atom is -0.452 e. The van der Waals surface area contributed by atoms with Crippen molar-refractivity contribution in [3.8, 4) is 0 Å². The first-order valence-electron chi connectivity index (χ1n) is 6.64. The molecule has 2 heterocycles. The molecule has 4 heteroatoms. The van der Waals surface area contributed by atoms with Crippen molar-refractivity contribution in [1.29, 1.82) is 0 Å². The molecule has 1 aromatic carbocycles. The topological polar surface area (TPSA) is 28.4 Å². The monoisotopic (exact) mass is 320 g/mol. The molecule has 1 aromatic heterocycles. The summed E-state index contributed by atoms with van der Waals surface area (Å²) in [5, 5.41) is 3.40. The van der Waals surface area contributed by atoms with Gasteiger partial charge in [-0.25, -0.2) is 0 Å². The van der Waals surface area contributed by atoms with Gasteiger partial charge in [-0.2, -0.15) is 0 Å². The van der Waals surface area contributed by atoms with Crippen LogP contribution in [0.1, 0.15) is 18.6 Å². The third kappa shape index (κ3) is 3.13. The minimum absolute atomic E-state index is 0.703. The number of furan rings is 1. The molecule has 19 heavy (non-hydrogen) atoms. The van der Waals surface area contributed by atoms with Crippen LogP contribution < -0.4 is 10.2 Å². The average molecular weight is 321 g/mol. The van der Waals surface area contributed by atoms with E-state index < -0.39 is 0 Å². The Labute approximate surface area is 121 Å². The van der Waals surface area contributed by atoms with E-state index in [0.717, 1.165) is 16.1 Å². The zero-order chi connectivity index (χ0) is 13.1. The SMILES string of the molecule is Brc1ccc(CNc2cccc(N3CCCC3)c2)o1. The largest absolute Gasteiger partial charge is 0.452 e. The van der Waals surface area contributed by atoms with Gasteiger partial charge in [-0.1, -0.05) is 6.07 Å². The van der Waals surface area contributed by atoms with Crippen LogP contribution >= 0.6 is 15.9 Å². The second-order valence-corrected chi connectivity index (χ2v) is 5.59. The molecular weight excluding hydrogens is 304 g/mol. The van der Waals surface area contributed by atoms with Gasteiger partial charge in [-0.15, -0.1) is 0 Å². The summed E-state index contributed by atoms with van der Waals surface area (Å²) in [4.78, 5) is 2.44. The van der Waals surface area contributed by atoms with Crippen molar-refractivity contribution in [3.05, 3.63) is 46.8 Å². The molecule has 0 atom stereocenters. The second kappa shape index (κ2) is 5.70. The maximum atomic E-state index is 5.48. The molecule has 0 unspecified atom stereocenters. The van der Waals surface area contributed by atoms with Gasteiger partial charge < -0.3 is 14.6 Å². The van der Waals surface area contributed by atoms with E-state index in [2.05, 4.69) is 50.4 Å². The highest BCUT2D eigenvalue weighted by Gasteiger charge is 2.12. The second-order valence-electron chi connectivity index (χ2n) is 4.80. The van der Waals surface area contributed by atoms with Gasteiger partial charge in [0, 0.05) is 24.5 Å².